The predicted octanol–water partition coefficient (Wildman–Crippen LogP) is 2.15. The summed E-state index contributed by atoms with van der Waals surface area (Å²) in [5.74, 6) is 0.0340. The van der Waals surface area contributed by atoms with E-state index in [-0.39, 0.29) is 5.91 Å². The molecule has 2 rings (SSSR count). The molecule has 0 saturated carbocycles. The zero-order valence-corrected chi connectivity index (χ0v) is 8.78. The highest BCUT2D eigenvalue weighted by molar-refractivity contribution is 5.87. The number of fused-ring (bicyclic) bond motifs is 1. The molecule has 1 aromatic carbocycles. The molecule has 2 nitrogen and oxygen atoms in total. The Balaban J connectivity index is 2.24. The second kappa shape index (κ2) is 4.30. The molecule has 0 unspecified atom stereocenters. The quantitative estimate of drug-likeness (QED) is 0.637. The molecule has 0 fully saturated rings. The smallest absolute Gasteiger partial charge is 0.246 e. The lowest BCUT2D eigenvalue weighted by molar-refractivity contribution is -0.126. The average molecular weight is 201 g/mol. The monoisotopic (exact) mass is 201 g/mol. The predicted molar refractivity (Wildman–Crippen MR) is 60.4 cm³/mol. The van der Waals surface area contributed by atoms with Crippen molar-refractivity contribution in [1.29, 1.82) is 0 Å². The molecule has 0 bridgehead atoms. The lowest BCUT2D eigenvalue weighted by Crippen LogP contribution is -2.28. The van der Waals surface area contributed by atoms with Gasteiger partial charge in [0.05, 0.1) is 0 Å². The van der Waals surface area contributed by atoms with E-state index in [0.29, 0.717) is 0 Å². The molecule has 15 heavy (non-hydrogen) atoms. The summed E-state index contributed by atoms with van der Waals surface area (Å²) < 4.78 is 0. The number of nitrogens with zero attached hydrogens (tertiary/aromatic N) is 1. The second-order valence-corrected chi connectivity index (χ2v) is 3.84. The molecule has 78 valence electrons. The van der Waals surface area contributed by atoms with Gasteiger partial charge >= 0.3 is 0 Å². The van der Waals surface area contributed by atoms with Crippen molar-refractivity contribution >= 4 is 5.91 Å². The molecular weight excluding hydrogens is 186 g/mol. The minimum Gasteiger partial charge on any atom is -0.335 e. The number of hydrogen-bond acceptors (Lipinski definition) is 1. The van der Waals surface area contributed by atoms with E-state index in [4.69, 9.17) is 0 Å². The SMILES string of the molecule is C=CC(=O)N1CCCc2ccccc2C1. The molecule has 0 aliphatic carbocycles. The summed E-state index contributed by atoms with van der Waals surface area (Å²) in [5, 5.41) is 0. The van der Waals surface area contributed by atoms with Crippen LogP contribution < -0.4 is 0 Å². The summed E-state index contributed by atoms with van der Waals surface area (Å²) >= 11 is 0. The van der Waals surface area contributed by atoms with E-state index in [9.17, 15) is 4.79 Å². The van der Waals surface area contributed by atoms with Gasteiger partial charge < -0.3 is 4.90 Å². The summed E-state index contributed by atoms with van der Waals surface area (Å²) in [7, 11) is 0. The van der Waals surface area contributed by atoms with E-state index in [1.807, 2.05) is 11.0 Å². The Kier molecular flexibility index (Phi) is 2.86. The molecule has 1 heterocycles. The maximum absolute atomic E-state index is 11.5. The van der Waals surface area contributed by atoms with E-state index < -0.39 is 0 Å². The van der Waals surface area contributed by atoms with Crippen LogP contribution in [0.1, 0.15) is 17.5 Å². The molecule has 1 amide bonds. The number of hydrogen-bond donors (Lipinski definition) is 0. The Hall–Kier alpha value is -1.57. The molecule has 1 aromatic rings. The summed E-state index contributed by atoms with van der Waals surface area (Å²) in [6.07, 6.45) is 3.50. The molecule has 0 N–H and O–H groups in total. The fourth-order valence-corrected chi connectivity index (χ4v) is 2.02. The lowest BCUT2D eigenvalue weighted by atomic mass is 10.0. The van der Waals surface area contributed by atoms with E-state index in [0.717, 1.165) is 25.9 Å². The van der Waals surface area contributed by atoms with Gasteiger partial charge in [-0.2, -0.15) is 0 Å². The van der Waals surface area contributed by atoms with Gasteiger partial charge in [-0.3, -0.25) is 4.79 Å². The van der Waals surface area contributed by atoms with Crippen molar-refractivity contribution < 1.29 is 4.79 Å². The van der Waals surface area contributed by atoms with E-state index in [2.05, 4.69) is 24.8 Å². The van der Waals surface area contributed by atoms with Crippen LogP contribution in [-0.2, 0) is 17.8 Å². The molecule has 0 atom stereocenters. The first-order valence-corrected chi connectivity index (χ1v) is 5.29. The number of amides is 1. The van der Waals surface area contributed by atoms with Crippen LogP contribution in [0.15, 0.2) is 36.9 Å². The van der Waals surface area contributed by atoms with Gasteiger partial charge in [0.1, 0.15) is 0 Å². The Morgan fingerprint density at radius 3 is 2.80 bits per heavy atom. The van der Waals surface area contributed by atoms with Crippen LogP contribution in [0.25, 0.3) is 0 Å². The van der Waals surface area contributed by atoms with Crippen LogP contribution in [0.3, 0.4) is 0 Å². The van der Waals surface area contributed by atoms with Crippen LogP contribution >= 0.6 is 0 Å². The highest BCUT2D eigenvalue weighted by Gasteiger charge is 2.16. The summed E-state index contributed by atoms with van der Waals surface area (Å²) in [5.41, 5.74) is 2.64. The summed E-state index contributed by atoms with van der Waals surface area (Å²) in [6.45, 7) is 5.09. The van der Waals surface area contributed by atoms with Gasteiger partial charge in [0.15, 0.2) is 0 Å². The first kappa shape index (κ1) is 9.97. The maximum atomic E-state index is 11.5. The normalized spacial score (nSPS) is 15.3. The number of benzene rings is 1. The Labute approximate surface area is 90.2 Å². The molecule has 0 aromatic heterocycles. The van der Waals surface area contributed by atoms with Gasteiger partial charge in [-0.15, -0.1) is 0 Å². The van der Waals surface area contributed by atoms with Crippen molar-refractivity contribution in [2.45, 2.75) is 19.4 Å². The first-order chi connectivity index (χ1) is 7.31. The van der Waals surface area contributed by atoms with Gasteiger partial charge in [-0.05, 0) is 30.0 Å². The minimum atomic E-state index is 0.0340. The second-order valence-electron chi connectivity index (χ2n) is 3.84. The van der Waals surface area contributed by atoms with E-state index in [1.165, 1.54) is 17.2 Å². The lowest BCUT2D eigenvalue weighted by Gasteiger charge is -2.18. The molecule has 1 aliphatic rings. The van der Waals surface area contributed by atoms with E-state index >= 15 is 0 Å². The highest BCUT2D eigenvalue weighted by Crippen LogP contribution is 2.18. The largest absolute Gasteiger partial charge is 0.335 e. The van der Waals surface area contributed by atoms with Gasteiger partial charge in [-0.25, -0.2) is 0 Å². The van der Waals surface area contributed by atoms with Gasteiger partial charge in [0.25, 0.3) is 0 Å². The fourth-order valence-electron chi connectivity index (χ4n) is 2.02. The van der Waals surface area contributed by atoms with Crippen molar-refractivity contribution in [2.24, 2.45) is 0 Å². The topological polar surface area (TPSA) is 20.3 Å². The minimum absolute atomic E-state index is 0.0340. The Bertz CT molecular complexity index is 384. The average Bonchev–Trinajstić information content (AvgIpc) is 2.49. The Morgan fingerprint density at radius 2 is 2.07 bits per heavy atom. The molecule has 0 radical (unpaired) electrons. The molecular formula is C13H15NO. The van der Waals surface area contributed by atoms with Crippen molar-refractivity contribution in [3.63, 3.8) is 0 Å². The van der Waals surface area contributed by atoms with Crippen molar-refractivity contribution in [2.75, 3.05) is 6.54 Å². The number of carbonyl (C=O) groups excluding carboxylic acids is 1. The molecule has 1 aliphatic heterocycles. The van der Waals surface area contributed by atoms with Gasteiger partial charge in [-0.1, -0.05) is 30.8 Å². The summed E-state index contributed by atoms with van der Waals surface area (Å²) in [6, 6.07) is 8.34. The fraction of sp³-hybridized carbons (Fsp3) is 0.308. The van der Waals surface area contributed by atoms with Crippen molar-refractivity contribution in [3.05, 3.63) is 48.0 Å². The first-order valence-electron chi connectivity index (χ1n) is 5.29. The van der Waals surface area contributed by atoms with Crippen molar-refractivity contribution in [3.8, 4) is 0 Å². The third-order valence-corrected chi connectivity index (χ3v) is 2.84. The van der Waals surface area contributed by atoms with Crippen LogP contribution in [0, 0.1) is 0 Å². The third kappa shape index (κ3) is 2.09. The zero-order valence-electron chi connectivity index (χ0n) is 8.78. The molecule has 2 heteroatoms. The number of carbonyl (C=O) groups is 1. The summed E-state index contributed by atoms with van der Waals surface area (Å²) in [4.78, 5) is 13.4. The van der Waals surface area contributed by atoms with Crippen LogP contribution in [0.2, 0.25) is 0 Å². The Morgan fingerprint density at radius 1 is 1.33 bits per heavy atom. The number of aryl methyl sites for hydroxylation is 1. The highest BCUT2D eigenvalue weighted by atomic mass is 16.2. The molecule has 0 saturated heterocycles. The van der Waals surface area contributed by atoms with Crippen LogP contribution in [0.5, 0.6) is 0 Å². The van der Waals surface area contributed by atoms with E-state index in [1.54, 1.807) is 0 Å². The van der Waals surface area contributed by atoms with Crippen LogP contribution in [-0.4, -0.2) is 17.4 Å². The van der Waals surface area contributed by atoms with Crippen molar-refractivity contribution in [1.82, 2.24) is 4.90 Å². The molecule has 0 spiro atoms. The third-order valence-electron chi connectivity index (χ3n) is 2.84. The van der Waals surface area contributed by atoms with Crippen LogP contribution in [0.4, 0.5) is 0 Å². The standard InChI is InChI=1S/C13H15NO/c1-2-13(15)14-9-5-8-11-6-3-4-7-12(11)10-14/h2-4,6-7H,1,5,8-10H2. The van der Waals surface area contributed by atoms with Gasteiger partial charge in [0, 0.05) is 13.1 Å². The van der Waals surface area contributed by atoms with Gasteiger partial charge in [0.2, 0.25) is 5.91 Å². The zero-order chi connectivity index (χ0) is 10.7. The number of rotatable bonds is 1. The maximum Gasteiger partial charge on any atom is 0.246 e.